The zero-order chi connectivity index (χ0) is 21.5. The zero-order valence-electron chi connectivity index (χ0n) is 18.8. The highest BCUT2D eigenvalue weighted by atomic mass is 19.1. The molecule has 31 heavy (non-hydrogen) atoms. The van der Waals surface area contributed by atoms with Gasteiger partial charge >= 0.3 is 0 Å². The third-order valence-electron chi connectivity index (χ3n) is 6.51. The molecule has 0 spiro atoms. The molecule has 0 aliphatic carbocycles. The SMILES string of the molecule is CCCCCCN1CCN(c2ncnc3c2CCN(Cc2cccc(F)n2)CC3)CC1. The molecule has 7 heteroatoms. The molecule has 2 aliphatic heterocycles. The largest absolute Gasteiger partial charge is 0.354 e. The van der Waals surface area contributed by atoms with Crippen molar-refractivity contribution in [2.45, 2.75) is 52.0 Å². The fourth-order valence-corrected chi connectivity index (χ4v) is 4.70. The van der Waals surface area contributed by atoms with E-state index in [4.69, 9.17) is 4.98 Å². The minimum atomic E-state index is -0.409. The second-order valence-corrected chi connectivity index (χ2v) is 8.74. The van der Waals surface area contributed by atoms with Gasteiger partial charge in [-0.1, -0.05) is 32.3 Å². The molecule has 168 valence electrons. The first kappa shape index (κ1) is 22.1. The van der Waals surface area contributed by atoms with Crippen LogP contribution in [0.25, 0.3) is 0 Å². The fraction of sp³-hybridized carbons (Fsp3) is 0.625. The molecule has 1 fully saturated rings. The van der Waals surface area contributed by atoms with Crippen LogP contribution in [0.1, 0.15) is 49.6 Å². The van der Waals surface area contributed by atoms with Gasteiger partial charge in [0.15, 0.2) is 0 Å². The minimum Gasteiger partial charge on any atom is -0.354 e. The lowest BCUT2D eigenvalue weighted by molar-refractivity contribution is 0.251. The van der Waals surface area contributed by atoms with Crippen LogP contribution in [0.2, 0.25) is 0 Å². The predicted octanol–water partition coefficient (Wildman–Crippen LogP) is 3.31. The molecule has 0 aromatic carbocycles. The first-order valence-electron chi connectivity index (χ1n) is 11.9. The van der Waals surface area contributed by atoms with Gasteiger partial charge in [-0.3, -0.25) is 9.80 Å². The standard InChI is InChI=1S/C24H35FN6/c1-2-3-4-5-11-29-14-16-31(17-15-29)24-21-9-12-30(13-10-22(21)26-19-27-24)18-20-7-6-8-23(25)28-20/h6-8,19H,2-5,9-18H2,1H3. The summed E-state index contributed by atoms with van der Waals surface area (Å²) in [5.74, 6) is 0.717. The Labute approximate surface area is 185 Å². The number of fused-ring (bicyclic) bond motifs is 1. The Balaban J connectivity index is 1.35. The first-order chi connectivity index (χ1) is 15.2. The van der Waals surface area contributed by atoms with Crippen LogP contribution in [0.4, 0.5) is 10.2 Å². The number of rotatable bonds is 8. The summed E-state index contributed by atoms with van der Waals surface area (Å²) in [6, 6.07) is 5.03. The molecular formula is C24H35FN6. The molecule has 0 atom stereocenters. The Kier molecular flexibility index (Phi) is 7.81. The molecule has 2 aliphatic rings. The van der Waals surface area contributed by atoms with Crippen molar-refractivity contribution in [2.75, 3.05) is 50.7 Å². The third-order valence-corrected chi connectivity index (χ3v) is 6.51. The fourth-order valence-electron chi connectivity index (χ4n) is 4.70. The normalized spacial score (nSPS) is 18.1. The van der Waals surface area contributed by atoms with E-state index in [1.165, 1.54) is 49.6 Å². The Morgan fingerprint density at radius 3 is 2.55 bits per heavy atom. The predicted molar refractivity (Wildman–Crippen MR) is 122 cm³/mol. The molecule has 4 rings (SSSR count). The van der Waals surface area contributed by atoms with E-state index in [1.54, 1.807) is 12.4 Å². The van der Waals surface area contributed by atoms with Gasteiger partial charge in [-0.2, -0.15) is 4.39 Å². The van der Waals surface area contributed by atoms with Crippen LogP contribution in [-0.2, 0) is 19.4 Å². The summed E-state index contributed by atoms with van der Waals surface area (Å²) < 4.78 is 13.4. The van der Waals surface area contributed by atoms with Gasteiger partial charge in [0, 0.05) is 57.8 Å². The van der Waals surface area contributed by atoms with Gasteiger partial charge in [0.2, 0.25) is 5.95 Å². The number of piperazine rings is 1. The molecule has 0 radical (unpaired) electrons. The van der Waals surface area contributed by atoms with Crippen molar-refractivity contribution in [2.24, 2.45) is 0 Å². The minimum absolute atomic E-state index is 0.409. The molecule has 0 saturated carbocycles. The topological polar surface area (TPSA) is 48.4 Å². The van der Waals surface area contributed by atoms with Gasteiger partial charge in [-0.15, -0.1) is 0 Å². The van der Waals surface area contributed by atoms with Gasteiger partial charge in [-0.05, 0) is 31.5 Å². The summed E-state index contributed by atoms with van der Waals surface area (Å²) in [6.45, 7) is 10.3. The quantitative estimate of drug-likeness (QED) is 0.477. The Hall–Kier alpha value is -2.12. The van der Waals surface area contributed by atoms with E-state index in [-0.39, 0.29) is 0 Å². The van der Waals surface area contributed by atoms with Crippen molar-refractivity contribution >= 4 is 5.82 Å². The number of pyridine rings is 1. The molecular weight excluding hydrogens is 391 g/mol. The van der Waals surface area contributed by atoms with Gasteiger partial charge in [0.1, 0.15) is 12.1 Å². The van der Waals surface area contributed by atoms with E-state index in [2.05, 4.69) is 31.6 Å². The lowest BCUT2D eigenvalue weighted by atomic mass is 10.1. The van der Waals surface area contributed by atoms with Crippen LogP contribution in [0.15, 0.2) is 24.5 Å². The molecule has 0 unspecified atom stereocenters. The second kappa shape index (κ2) is 11.0. The van der Waals surface area contributed by atoms with Gasteiger partial charge in [0.25, 0.3) is 0 Å². The molecule has 1 saturated heterocycles. The Morgan fingerprint density at radius 2 is 1.74 bits per heavy atom. The lowest BCUT2D eigenvalue weighted by Gasteiger charge is -2.36. The number of anilines is 1. The van der Waals surface area contributed by atoms with Crippen LogP contribution in [0.5, 0.6) is 0 Å². The van der Waals surface area contributed by atoms with Crippen molar-refractivity contribution in [3.8, 4) is 0 Å². The van der Waals surface area contributed by atoms with Crippen LogP contribution in [0.3, 0.4) is 0 Å². The Bertz CT molecular complexity index is 837. The maximum absolute atomic E-state index is 13.4. The number of aromatic nitrogens is 3. The van der Waals surface area contributed by atoms with E-state index < -0.39 is 5.95 Å². The maximum Gasteiger partial charge on any atom is 0.213 e. The number of nitrogens with zero attached hydrogens (tertiary/aromatic N) is 6. The van der Waals surface area contributed by atoms with Gasteiger partial charge in [-0.25, -0.2) is 15.0 Å². The monoisotopic (exact) mass is 426 g/mol. The maximum atomic E-state index is 13.4. The van der Waals surface area contributed by atoms with Crippen LogP contribution < -0.4 is 4.90 Å². The third kappa shape index (κ3) is 5.98. The number of hydrogen-bond acceptors (Lipinski definition) is 6. The summed E-state index contributed by atoms with van der Waals surface area (Å²) in [5, 5.41) is 0. The molecule has 0 bridgehead atoms. The molecule has 0 N–H and O–H groups in total. The molecule has 6 nitrogen and oxygen atoms in total. The van der Waals surface area contributed by atoms with Crippen molar-refractivity contribution in [3.63, 3.8) is 0 Å². The molecule has 2 aromatic rings. The number of halogens is 1. The molecule has 0 amide bonds. The summed E-state index contributed by atoms with van der Waals surface area (Å²) in [5.41, 5.74) is 3.25. The highest BCUT2D eigenvalue weighted by Gasteiger charge is 2.24. The zero-order valence-corrected chi connectivity index (χ0v) is 18.8. The van der Waals surface area contributed by atoms with Gasteiger partial charge in [0.05, 0.1) is 11.4 Å². The number of unbranched alkanes of at least 4 members (excludes halogenated alkanes) is 3. The van der Waals surface area contributed by atoms with Crippen LogP contribution in [0, 0.1) is 5.95 Å². The average molecular weight is 427 g/mol. The highest BCUT2D eigenvalue weighted by Crippen LogP contribution is 2.25. The van der Waals surface area contributed by atoms with Crippen molar-refractivity contribution in [3.05, 3.63) is 47.4 Å². The molecule has 2 aromatic heterocycles. The van der Waals surface area contributed by atoms with Crippen LogP contribution in [-0.4, -0.2) is 70.6 Å². The molecule has 4 heterocycles. The first-order valence-corrected chi connectivity index (χ1v) is 11.9. The summed E-state index contributed by atoms with van der Waals surface area (Å²) >= 11 is 0. The van der Waals surface area contributed by atoms with E-state index in [1.807, 2.05) is 6.07 Å². The lowest BCUT2D eigenvalue weighted by Crippen LogP contribution is -2.47. The number of hydrogen-bond donors (Lipinski definition) is 0. The Morgan fingerprint density at radius 1 is 0.903 bits per heavy atom. The highest BCUT2D eigenvalue weighted by molar-refractivity contribution is 5.49. The smallest absolute Gasteiger partial charge is 0.213 e. The summed E-state index contributed by atoms with van der Waals surface area (Å²) in [6.07, 6.45) is 8.86. The van der Waals surface area contributed by atoms with Crippen molar-refractivity contribution < 1.29 is 4.39 Å². The van der Waals surface area contributed by atoms with E-state index >= 15 is 0 Å². The van der Waals surface area contributed by atoms with E-state index in [0.717, 1.165) is 63.6 Å². The van der Waals surface area contributed by atoms with Crippen molar-refractivity contribution in [1.82, 2.24) is 24.8 Å². The second-order valence-electron chi connectivity index (χ2n) is 8.74. The summed E-state index contributed by atoms with van der Waals surface area (Å²) in [7, 11) is 0. The summed E-state index contributed by atoms with van der Waals surface area (Å²) in [4.78, 5) is 20.7. The van der Waals surface area contributed by atoms with E-state index in [9.17, 15) is 4.39 Å². The van der Waals surface area contributed by atoms with E-state index in [0.29, 0.717) is 6.54 Å². The van der Waals surface area contributed by atoms with Crippen molar-refractivity contribution in [1.29, 1.82) is 0 Å². The average Bonchev–Trinajstić information content (AvgIpc) is 3.00. The van der Waals surface area contributed by atoms with Crippen LogP contribution >= 0.6 is 0 Å². The van der Waals surface area contributed by atoms with Gasteiger partial charge < -0.3 is 4.90 Å².